The minimum atomic E-state index is -1.76. The number of esters is 2. The van der Waals surface area contributed by atoms with E-state index in [-0.39, 0.29) is 26.1 Å². The summed E-state index contributed by atoms with van der Waals surface area (Å²) in [6.07, 6.45) is 41.3. The van der Waals surface area contributed by atoms with Crippen LogP contribution in [0.15, 0.2) is 0 Å². The summed E-state index contributed by atoms with van der Waals surface area (Å²) in [5.41, 5.74) is 0. The van der Waals surface area contributed by atoms with Gasteiger partial charge in [-0.1, -0.05) is 290 Å². The quantitative estimate of drug-likeness (QED) is 0.0222. The third-order valence-corrected chi connectivity index (χ3v) is 16.8. The van der Waals surface area contributed by atoms with Gasteiger partial charge in [0.1, 0.15) is 55.4 Å². The molecule has 2 aliphatic rings. The summed E-state index contributed by atoms with van der Waals surface area (Å²) in [4.78, 5) is 26.0. The first-order chi connectivity index (χ1) is 39.5. The molecule has 15 nitrogen and oxygen atoms in total. The Kier molecular flexibility index (Phi) is 49.3. The summed E-state index contributed by atoms with van der Waals surface area (Å²) in [5, 5.41) is 72.5. The molecule has 2 fully saturated rings. The molecule has 81 heavy (non-hydrogen) atoms. The van der Waals surface area contributed by atoms with E-state index >= 15 is 0 Å². The molecule has 0 aromatic heterocycles. The summed E-state index contributed by atoms with van der Waals surface area (Å²) in [6.45, 7) is 2.69. The number of carbonyl (C=O) groups excluding carboxylic acids is 2. The molecule has 2 heterocycles. The van der Waals surface area contributed by atoms with E-state index in [1.807, 2.05) is 0 Å². The Bertz CT molecular complexity index is 1410. The van der Waals surface area contributed by atoms with Gasteiger partial charge in [-0.15, -0.1) is 0 Å². The van der Waals surface area contributed by atoms with Crippen molar-refractivity contribution in [2.75, 3.05) is 26.4 Å². The highest BCUT2D eigenvalue weighted by Crippen LogP contribution is 2.27. The van der Waals surface area contributed by atoms with Crippen LogP contribution in [-0.4, -0.2) is 142 Å². The first-order valence-electron chi connectivity index (χ1n) is 34.1. The molecule has 2 rings (SSSR count). The minimum absolute atomic E-state index is 0.175. The first-order valence-corrected chi connectivity index (χ1v) is 34.1. The van der Waals surface area contributed by atoms with Gasteiger partial charge in [-0.25, -0.2) is 0 Å². The van der Waals surface area contributed by atoms with Crippen molar-refractivity contribution in [2.45, 2.75) is 383 Å². The van der Waals surface area contributed by atoms with Gasteiger partial charge in [0.25, 0.3) is 0 Å². The predicted octanol–water partition coefficient (Wildman–Crippen LogP) is 13.5. The van der Waals surface area contributed by atoms with Gasteiger partial charge in [0.2, 0.25) is 0 Å². The van der Waals surface area contributed by atoms with Gasteiger partial charge in [-0.3, -0.25) is 9.59 Å². The van der Waals surface area contributed by atoms with Crippen LogP contribution < -0.4 is 0 Å². The van der Waals surface area contributed by atoms with Crippen molar-refractivity contribution in [1.82, 2.24) is 0 Å². The second-order valence-corrected chi connectivity index (χ2v) is 24.4. The molecular formula is C66H126O15. The third-order valence-electron chi connectivity index (χ3n) is 16.8. The molecule has 15 heteroatoms. The van der Waals surface area contributed by atoms with Crippen LogP contribution in [0.4, 0.5) is 0 Å². The van der Waals surface area contributed by atoms with Gasteiger partial charge in [0.05, 0.1) is 19.8 Å². The summed E-state index contributed by atoms with van der Waals surface area (Å²) < 4.78 is 33.9. The maximum atomic E-state index is 13.1. The number of hydrogen-bond acceptors (Lipinski definition) is 15. The van der Waals surface area contributed by atoms with Crippen molar-refractivity contribution in [1.29, 1.82) is 0 Å². The van der Waals surface area contributed by atoms with E-state index < -0.39 is 92.7 Å². The molecule has 7 N–H and O–H groups in total. The zero-order valence-corrected chi connectivity index (χ0v) is 51.8. The SMILES string of the molecule is CCCCCCCCCCCCCCCCCCCCCCCCCC(=O)OC[C@@H](CO[C@@H]1O[C@H](CO[C@@H]2O[C@H](CO)[C@H](O)C(O)C2O)[C@H](O)C(O)C1O)OC(=O)CCCCCCCCCCCCCCCCCCCCCCCC. The monoisotopic (exact) mass is 1160 g/mol. The molecule has 480 valence electrons. The zero-order chi connectivity index (χ0) is 58.8. The van der Waals surface area contributed by atoms with Crippen LogP contribution >= 0.6 is 0 Å². The lowest BCUT2D eigenvalue weighted by atomic mass is 9.98. The van der Waals surface area contributed by atoms with Crippen LogP contribution in [-0.2, 0) is 38.0 Å². The lowest BCUT2D eigenvalue weighted by Gasteiger charge is -2.42. The molecule has 0 aromatic rings. The topological polar surface area (TPSA) is 231 Å². The van der Waals surface area contributed by atoms with Crippen LogP contribution in [0.5, 0.6) is 0 Å². The second-order valence-electron chi connectivity index (χ2n) is 24.4. The maximum absolute atomic E-state index is 13.1. The standard InChI is InChI=1S/C66H126O15/c1-3-5-7-9-11-13-15-17-19-21-23-25-27-29-30-32-34-36-38-40-42-44-46-48-57(68)76-51-54(52-77-65-64(75)62(73)60(71)56(81-65)53-78-66-63(74)61(72)59(70)55(50-67)80-66)79-58(69)49-47-45-43-41-39-37-35-33-31-28-26-24-22-20-18-16-14-12-10-8-6-4-2/h54-56,59-67,70-75H,3-53H2,1-2H3/t54-,55+,56+,59-,60-,61?,62?,63?,64?,65+,66+/m0/s1. The minimum Gasteiger partial charge on any atom is -0.462 e. The van der Waals surface area contributed by atoms with Crippen LogP contribution in [0.2, 0.25) is 0 Å². The van der Waals surface area contributed by atoms with Crippen LogP contribution in [0, 0.1) is 0 Å². The Hall–Kier alpha value is -1.50. The molecule has 2 saturated heterocycles. The molecule has 0 amide bonds. The smallest absolute Gasteiger partial charge is 0.306 e. The Morgan fingerprint density at radius 1 is 0.346 bits per heavy atom. The second kappa shape index (κ2) is 52.8. The molecule has 0 aromatic carbocycles. The van der Waals surface area contributed by atoms with E-state index in [2.05, 4.69) is 13.8 Å². The molecule has 0 radical (unpaired) electrons. The molecule has 0 spiro atoms. The highest BCUT2D eigenvalue weighted by molar-refractivity contribution is 5.70. The van der Waals surface area contributed by atoms with E-state index in [0.29, 0.717) is 12.8 Å². The van der Waals surface area contributed by atoms with Crippen LogP contribution in [0.1, 0.15) is 316 Å². The summed E-state index contributed by atoms with van der Waals surface area (Å²) in [6, 6.07) is 0. The van der Waals surface area contributed by atoms with Crippen molar-refractivity contribution < 1.29 is 73.8 Å². The van der Waals surface area contributed by atoms with Gasteiger partial charge in [0.15, 0.2) is 18.7 Å². The summed E-state index contributed by atoms with van der Waals surface area (Å²) in [5.74, 6) is -0.897. The largest absolute Gasteiger partial charge is 0.462 e. The number of ether oxygens (including phenoxy) is 6. The molecule has 4 unspecified atom stereocenters. The van der Waals surface area contributed by atoms with Crippen molar-refractivity contribution in [2.24, 2.45) is 0 Å². The van der Waals surface area contributed by atoms with Gasteiger partial charge in [0, 0.05) is 12.8 Å². The normalized spacial score (nSPS) is 23.5. The van der Waals surface area contributed by atoms with Crippen molar-refractivity contribution in [3.8, 4) is 0 Å². The molecule has 0 saturated carbocycles. The average Bonchev–Trinajstić information content (AvgIpc) is 3.58. The van der Waals surface area contributed by atoms with Crippen LogP contribution in [0.25, 0.3) is 0 Å². The van der Waals surface area contributed by atoms with E-state index in [4.69, 9.17) is 28.4 Å². The highest BCUT2D eigenvalue weighted by Gasteiger charge is 2.47. The Morgan fingerprint density at radius 2 is 0.630 bits per heavy atom. The zero-order valence-electron chi connectivity index (χ0n) is 51.8. The Balaban J connectivity index is 1.67. The summed E-state index contributed by atoms with van der Waals surface area (Å²) in [7, 11) is 0. The molecule has 2 aliphatic heterocycles. The number of unbranched alkanes of at least 4 members (excludes halogenated alkanes) is 43. The molecule has 0 aliphatic carbocycles. The first kappa shape index (κ1) is 75.6. The lowest BCUT2D eigenvalue weighted by molar-refractivity contribution is -0.332. The average molecular weight is 1160 g/mol. The van der Waals surface area contributed by atoms with Gasteiger partial charge < -0.3 is 64.2 Å². The van der Waals surface area contributed by atoms with E-state index in [1.165, 1.54) is 238 Å². The Morgan fingerprint density at radius 3 is 0.963 bits per heavy atom. The fraction of sp³-hybridized carbons (Fsp3) is 0.970. The number of carbonyl (C=O) groups is 2. The molecule has 0 bridgehead atoms. The fourth-order valence-electron chi connectivity index (χ4n) is 11.3. The lowest BCUT2D eigenvalue weighted by Crippen LogP contribution is -2.61. The van der Waals surface area contributed by atoms with E-state index in [1.54, 1.807) is 0 Å². The highest BCUT2D eigenvalue weighted by atomic mass is 16.7. The van der Waals surface area contributed by atoms with Gasteiger partial charge >= 0.3 is 11.9 Å². The Labute approximate surface area is 493 Å². The maximum Gasteiger partial charge on any atom is 0.306 e. The van der Waals surface area contributed by atoms with Crippen molar-refractivity contribution >= 4 is 11.9 Å². The third kappa shape index (κ3) is 39.0. The molecular weight excluding hydrogens is 1030 g/mol. The van der Waals surface area contributed by atoms with Gasteiger partial charge in [-0.2, -0.15) is 0 Å². The van der Waals surface area contributed by atoms with Crippen molar-refractivity contribution in [3.05, 3.63) is 0 Å². The predicted molar refractivity (Wildman–Crippen MR) is 322 cm³/mol. The number of aliphatic hydroxyl groups excluding tert-OH is 7. The van der Waals surface area contributed by atoms with E-state index in [0.717, 1.165) is 38.5 Å². The fourth-order valence-corrected chi connectivity index (χ4v) is 11.3. The molecule has 11 atom stereocenters. The summed E-state index contributed by atoms with van der Waals surface area (Å²) >= 11 is 0. The van der Waals surface area contributed by atoms with Crippen LogP contribution in [0.3, 0.4) is 0 Å². The van der Waals surface area contributed by atoms with Gasteiger partial charge in [-0.05, 0) is 12.8 Å². The van der Waals surface area contributed by atoms with E-state index in [9.17, 15) is 45.3 Å². The number of aliphatic hydroxyl groups is 7. The number of rotatable bonds is 57. The van der Waals surface area contributed by atoms with Crippen molar-refractivity contribution in [3.63, 3.8) is 0 Å². The number of hydrogen-bond donors (Lipinski definition) is 7.